The monoisotopic (exact) mass is 653 g/mol. The van der Waals surface area contributed by atoms with E-state index in [1.165, 1.54) is 22.3 Å². The molecule has 0 saturated carbocycles. The van der Waals surface area contributed by atoms with Crippen molar-refractivity contribution in [2.24, 2.45) is 0 Å². The molecule has 0 saturated heterocycles. The summed E-state index contributed by atoms with van der Waals surface area (Å²) in [6.45, 7) is 0. The van der Waals surface area contributed by atoms with Crippen LogP contribution in [0.3, 0.4) is 0 Å². The second kappa shape index (κ2) is 10.6. The van der Waals surface area contributed by atoms with Gasteiger partial charge in [0, 0.05) is 38.6 Å². The van der Waals surface area contributed by atoms with Crippen LogP contribution in [0.4, 0.5) is 0 Å². The zero-order valence-electron chi connectivity index (χ0n) is 27.2. The number of hydrogen-bond acceptors (Lipinski definition) is 5. The highest BCUT2D eigenvalue weighted by Gasteiger charge is 2.51. The number of furan rings is 1. The molecule has 0 bridgehead atoms. The third-order valence-corrected chi connectivity index (χ3v) is 10.4. The van der Waals surface area contributed by atoms with E-state index in [1.54, 1.807) is 0 Å². The lowest BCUT2D eigenvalue weighted by molar-refractivity contribution is 0.432. The molecular formula is C46H27N3O2. The van der Waals surface area contributed by atoms with Crippen molar-refractivity contribution < 1.29 is 9.15 Å². The van der Waals surface area contributed by atoms with Gasteiger partial charge in [-0.05, 0) is 40.5 Å². The van der Waals surface area contributed by atoms with Crippen LogP contribution >= 0.6 is 0 Å². The average Bonchev–Trinajstić information content (AvgIpc) is 3.73. The van der Waals surface area contributed by atoms with Crippen molar-refractivity contribution in [3.05, 3.63) is 186 Å². The highest BCUT2D eigenvalue weighted by molar-refractivity contribution is 6.14. The Kier molecular flexibility index (Phi) is 5.81. The maximum absolute atomic E-state index is 6.90. The van der Waals surface area contributed by atoms with E-state index in [1.807, 2.05) is 78.9 Å². The molecule has 238 valence electrons. The van der Waals surface area contributed by atoms with E-state index in [0.29, 0.717) is 23.1 Å². The summed E-state index contributed by atoms with van der Waals surface area (Å²) in [6, 6.07) is 56.5. The molecule has 3 heterocycles. The largest absolute Gasteiger partial charge is 0.453 e. The third-order valence-electron chi connectivity index (χ3n) is 10.4. The van der Waals surface area contributed by atoms with E-state index >= 15 is 0 Å². The highest BCUT2D eigenvalue weighted by atomic mass is 16.5. The van der Waals surface area contributed by atoms with Crippen molar-refractivity contribution >= 4 is 21.9 Å². The van der Waals surface area contributed by atoms with Crippen LogP contribution in [0.5, 0.6) is 11.5 Å². The Morgan fingerprint density at radius 2 is 0.961 bits per heavy atom. The maximum atomic E-state index is 6.90. The lowest BCUT2D eigenvalue weighted by atomic mass is 9.66. The van der Waals surface area contributed by atoms with Crippen molar-refractivity contribution in [2.75, 3.05) is 0 Å². The fraction of sp³-hybridized carbons (Fsp3) is 0.0217. The van der Waals surface area contributed by atoms with Gasteiger partial charge in [0.1, 0.15) is 11.3 Å². The molecule has 5 nitrogen and oxygen atoms in total. The van der Waals surface area contributed by atoms with Gasteiger partial charge in [0.15, 0.2) is 28.8 Å². The number of benzene rings is 7. The molecule has 0 N–H and O–H groups in total. The van der Waals surface area contributed by atoms with Crippen molar-refractivity contribution in [3.63, 3.8) is 0 Å². The number of fused-ring (bicyclic) bond motifs is 13. The summed E-state index contributed by atoms with van der Waals surface area (Å²) in [5.74, 6) is 3.35. The van der Waals surface area contributed by atoms with Crippen LogP contribution in [0.15, 0.2) is 168 Å². The summed E-state index contributed by atoms with van der Waals surface area (Å²) < 4.78 is 13.7. The minimum absolute atomic E-state index is 0.573. The van der Waals surface area contributed by atoms with Gasteiger partial charge in [-0.15, -0.1) is 0 Å². The number of hydrogen-bond donors (Lipinski definition) is 0. The summed E-state index contributed by atoms with van der Waals surface area (Å²) in [5, 5.41) is 1.87. The van der Waals surface area contributed by atoms with Crippen LogP contribution in [-0.4, -0.2) is 15.0 Å². The van der Waals surface area contributed by atoms with E-state index in [2.05, 4.69) is 84.9 Å². The molecule has 0 radical (unpaired) electrons. The number of ether oxygens (including phenoxy) is 1. The molecule has 1 spiro atoms. The minimum atomic E-state index is -0.573. The second-order valence-corrected chi connectivity index (χ2v) is 13.1. The van der Waals surface area contributed by atoms with Gasteiger partial charge in [-0.2, -0.15) is 0 Å². The number of rotatable bonds is 3. The van der Waals surface area contributed by atoms with Crippen molar-refractivity contribution in [2.45, 2.75) is 5.41 Å². The minimum Gasteiger partial charge on any atom is -0.453 e. The predicted molar refractivity (Wildman–Crippen MR) is 201 cm³/mol. The zero-order chi connectivity index (χ0) is 33.5. The zero-order valence-corrected chi connectivity index (χ0v) is 27.2. The Morgan fingerprint density at radius 1 is 0.412 bits per heavy atom. The fourth-order valence-corrected chi connectivity index (χ4v) is 8.31. The van der Waals surface area contributed by atoms with Gasteiger partial charge in [-0.3, -0.25) is 0 Å². The molecule has 0 unspecified atom stereocenters. The lowest BCUT2D eigenvalue weighted by Gasteiger charge is -2.39. The van der Waals surface area contributed by atoms with Gasteiger partial charge in [0.05, 0.1) is 5.41 Å². The molecule has 9 aromatic rings. The van der Waals surface area contributed by atoms with Gasteiger partial charge >= 0.3 is 0 Å². The summed E-state index contributed by atoms with van der Waals surface area (Å²) in [5.41, 5.74) is 10.7. The first-order valence-corrected chi connectivity index (χ1v) is 17.1. The van der Waals surface area contributed by atoms with Gasteiger partial charge in [-0.25, -0.2) is 15.0 Å². The Bertz CT molecular complexity index is 2740. The number of aromatic nitrogens is 3. The second-order valence-electron chi connectivity index (χ2n) is 13.1. The Morgan fingerprint density at radius 3 is 1.63 bits per heavy atom. The molecule has 5 heteroatoms. The number of nitrogens with zero attached hydrogens (tertiary/aromatic N) is 3. The summed E-state index contributed by atoms with van der Waals surface area (Å²) in [7, 11) is 0. The van der Waals surface area contributed by atoms with E-state index in [4.69, 9.17) is 24.1 Å². The first-order valence-electron chi connectivity index (χ1n) is 17.1. The normalized spacial score (nSPS) is 13.4. The average molecular weight is 654 g/mol. The van der Waals surface area contributed by atoms with E-state index in [9.17, 15) is 0 Å². The molecule has 11 rings (SSSR count). The van der Waals surface area contributed by atoms with Crippen LogP contribution in [0.2, 0.25) is 0 Å². The lowest BCUT2D eigenvalue weighted by Crippen LogP contribution is -2.32. The smallest absolute Gasteiger partial charge is 0.178 e. The van der Waals surface area contributed by atoms with Crippen molar-refractivity contribution in [3.8, 4) is 56.8 Å². The van der Waals surface area contributed by atoms with Crippen molar-refractivity contribution in [1.82, 2.24) is 15.0 Å². The quantitative estimate of drug-likeness (QED) is 0.190. The molecule has 7 aromatic carbocycles. The summed E-state index contributed by atoms with van der Waals surface area (Å²) in [4.78, 5) is 15.1. The van der Waals surface area contributed by atoms with E-state index in [0.717, 1.165) is 55.7 Å². The summed E-state index contributed by atoms with van der Waals surface area (Å²) >= 11 is 0. The number of para-hydroxylation sites is 1. The molecule has 2 aromatic heterocycles. The summed E-state index contributed by atoms with van der Waals surface area (Å²) in [6.07, 6.45) is 0. The SMILES string of the molecule is c1ccc(-c2nc(-c3ccccc3)nc(-c3cccc4oc5c6c(ccc5c34)C3(c4ccccc4O6)c4ccccc4-c4ccccc43)n2)cc1. The Labute approximate surface area is 293 Å². The molecule has 0 amide bonds. The third kappa shape index (κ3) is 3.88. The van der Waals surface area contributed by atoms with Crippen LogP contribution in [-0.2, 0) is 5.41 Å². The molecule has 0 fully saturated rings. The molecule has 1 aliphatic heterocycles. The topological polar surface area (TPSA) is 61.0 Å². The molecule has 2 aliphatic rings. The molecular weight excluding hydrogens is 627 g/mol. The van der Waals surface area contributed by atoms with Gasteiger partial charge < -0.3 is 9.15 Å². The van der Waals surface area contributed by atoms with Crippen molar-refractivity contribution in [1.29, 1.82) is 0 Å². The standard InChI is InChI=1S/C46H27N3O2/c1-3-14-28(15-4-1)43-47-44(29-16-5-2-6-17-29)49-45(48-43)33-20-13-25-39-40(33)32-26-27-37-42(41(32)51-39)50-38-24-12-11-23-36(38)46(37)34-21-9-7-18-30(34)31-19-8-10-22-35(31)46/h1-27H. The van der Waals surface area contributed by atoms with E-state index < -0.39 is 5.41 Å². The Hall–Kier alpha value is -6.85. The van der Waals surface area contributed by atoms with Gasteiger partial charge in [-0.1, -0.05) is 146 Å². The van der Waals surface area contributed by atoms with Crippen LogP contribution in [0, 0.1) is 0 Å². The highest BCUT2D eigenvalue weighted by Crippen LogP contribution is 2.63. The predicted octanol–water partition coefficient (Wildman–Crippen LogP) is 11.2. The first kappa shape index (κ1) is 28.0. The van der Waals surface area contributed by atoms with Crippen LogP contribution in [0.1, 0.15) is 22.3 Å². The van der Waals surface area contributed by atoms with E-state index in [-0.39, 0.29) is 0 Å². The Balaban J connectivity index is 1.19. The first-order chi connectivity index (χ1) is 25.3. The molecule has 0 atom stereocenters. The maximum Gasteiger partial charge on any atom is 0.178 e. The molecule has 51 heavy (non-hydrogen) atoms. The van der Waals surface area contributed by atoms with Crippen LogP contribution < -0.4 is 4.74 Å². The van der Waals surface area contributed by atoms with Gasteiger partial charge in [0.2, 0.25) is 0 Å². The van der Waals surface area contributed by atoms with Crippen LogP contribution in [0.25, 0.3) is 67.2 Å². The van der Waals surface area contributed by atoms with Gasteiger partial charge in [0.25, 0.3) is 0 Å². The fourth-order valence-electron chi connectivity index (χ4n) is 8.31. The molecule has 1 aliphatic carbocycles.